The predicted molar refractivity (Wildman–Crippen MR) is 532 cm³/mol. The molecule has 0 atom stereocenters. The van der Waals surface area contributed by atoms with E-state index in [4.69, 9.17) is 9.47 Å². The topological polar surface area (TPSA) is 471 Å². The smallest absolute Gasteiger partial charge is 0.269 e. The standard InChI is InChI=1S/C21H18N4O2S.C20H16N4O2S.C19H19N5O3S.C19H22N4O4S.C18H20N4O3S/c1-25(12-10-14-7-3-2-4-8-14)21(27)15-13-28-18-17(15)23-19(24-20(18)26)16-9-5-6-11-22-16;25-19(22-11-9-13-6-2-1-3-7-13)14-12-27-17-16(14)23-18(24-20(17)26)15-8-4-5-10-21-15;1-11(25)21-12-5-8-24(9-6-12)19(27)13-10-28-16-15(13)22-17(23-18(16)26)14-4-2-3-7-20-14;1-2-10-27-11-8-23(7-9-24)19(26)13-12-28-16-15(13)21-17(22-18(16)25)14-5-3-4-6-20-14;1-3-9-25-10-8-22(2)18(24)12-11-26-15-14(12)20-16(21-17(15)23)13-6-4-5-7-19-13/h2-9,11,13H,10,12H2,1H3,(H,23,24,26);1-8,10,12H,9,11H2,(H,22,25)(H,23,24,26);2-4,7,10,12H,5-6,8-9H2,1H3,(H,21,25)(H,22,23,26);3-6,12,24H,2,7-11H2,1H3,(H,21,22,25);4-7,11H,3,8-10H2,1-2H3,(H,20,21,23). The van der Waals surface area contributed by atoms with Crippen LogP contribution in [0.5, 0.6) is 0 Å². The number of likely N-dealkylation sites (tertiary alicyclic amines) is 1. The number of rotatable bonds is 29. The average molecular weight is 1940 g/mol. The SMILES string of the molecule is CC(=O)NC1CCN(C(=O)c2csc3c(=O)[nH]c(-c4ccccn4)nc23)CC1.CCCOCCN(C)C(=O)c1csc2c(=O)[nH]c(-c3ccccn3)nc12.CCCOCCN(CCO)C(=O)c1csc2c(=O)[nH]c(-c3ccccn3)nc12.CN(CCc1ccccc1)C(=O)c1csc2c(=O)[nH]c(-c3ccccn3)nc12.O=C(NCCc1ccccc1)c1csc2c(=O)[nH]c(-c3ccccn3)nc12. The van der Waals surface area contributed by atoms with Gasteiger partial charge in [-0.05, 0) is 110 Å². The highest BCUT2D eigenvalue weighted by atomic mass is 32.1. The molecule has 17 aromatic rings. The number of likely N-dealkylation sites (N-methyl/N-ethyl adjacent to an activating group) is 2. The number of aliphatic hydroxyl groups is 1. The molecule has 1 aliphatic rings. The molecule has 1 aliphatic heterocycles. The van der Waals surface area contributed by atoms with Gasteiger partial charge in [0.2, 0.25) is 5.91 Å². The molecule has 40 heteroatoms. The van der Waals surface area contributed by atoms with Gasteiger partial charge in [-0.1, -0.05) is 105 Å². The van der Waals surface area contributed by atoms with Crippen molar-refractivity contribution in [1.82, 2.24) is 105 Å². The second kappa shape index (κ2) is 47.8. The Bertz CT molecular complexity index is 7340. The van der Waals surface area contributed by atoms with Crippen molar-refractivity contribution in [3.8, 4) is 57.6 Å². The van der Waals surface area contributed by atoms with Gasteiger partial charge >= 0.3 is 0 Å². The number of nitrogens with one attached hydrogen (secondary N) is 7. The number of amides is 6. The van der Waals surface area contributed by atoms with Crippen LogP contribution in [0.15, 0.2) is 234 Å². The van der Waals surface area contributed by atoms with Crippen molar-refractivity contribution >= 4 is 143 Å². The molecule has 16 heterocycles. The van der Waals surface area contributed by atoms with E-state index in [1.54, 1.807) is 153 Å². The van der Waals surface area contributed by atoms with E-state index < -0.39 is 0 Å². The molecule has 6 amide bonds. The van der Waals surface area contributed by atoms with Gasteiger partial charge in [0.25, 0.3) is 57.3 Å². The first kappa shape index (κ1) is 98.1. The Labute approximate surface area is 802 Å². The number of aliphatic hydroxyl groups excluding tert-OH is 1. The largest absolute Gasteiger partial charge is 0.395 e. The minimum atomic E-state index is -0.310. The van der Waals surface area contributed by atoms with Crippen LogP contribution in [-0.4, -0.2) is 234 Å². The second-order valence-electron chi connectivity index (χ2n) is 31.0. The van der Waals surface area contributed by atoms with E-state index in [0.717, 1.165) is 31.2 Å². The first-order chi connectivity index (χ1) is 66.6. The van der Waals surface area contributed by atoms with E-state index in [1.807, 2.05) is 98.8 Å². The summed E-state index contributed by atoms with van der Waals surface area (Å²) in [6, 6.07) is 46.8. The molecule has 1 fully saturated rings. The third kappa shape index (κ3) is 25.0. The summed E-state index contributed by atoms with van der Waals surface area (Å²) in [6.45, 7) is 10.8. The first-order valence-corrected chi connectivity index (χ1v) is 48.2. The fourth-order valence-corrected chi connectivity index (χ4v) is 18.7. The van der Waals surface area contributed by atoms with Gasteiger partial charge in [0.05, 0.1) is 47.6 Å². The Morgan fingerprint density at radius 1 is 0.409 bits per heavy atom. The number of aromatic amines is 5. The van der Waals surface area contributed by atoms with Crippen molar-refractivity contribution in [2.75, 3.05) is 92.9 Å². The van der Waals surface area contributed by atoms with E-state index in [-0.39, 0.29) is 82.4 Å². The van der Waals surface area contributed by atoms with Crippen molar-refractivity contribution in [2.24, 2.45) is 0 Å². The Kier molecular flexibility index (Phi) is 34.2. The van der Waals surface area contributed by atoms with E-state index in [0.29, 0.717) is 215 Å². The van der Waals surface area contributed by atoms with Crippen LogP contribution in [0.3, 0.4) is 0 Å². The molecular formula is C97H95N21O14S5. The summed E-state index contributed by atoms with van der Waals surface area (Å²) >= 11 is 6.05. The Morgan fingerprint density at radius 2 is 0.737 bits per heavy atom. The molecule has 0 bridgehead atoms. The fourth-order valence-electron chi connectivity index (χ4n) is 14.3. The van der Waals surface area contributed by atoms with Crippen LogP contribution in [0.25, 0.3) is 109 Å². The summed E-state index contributed by atoms with van der Waals surface area (Å²) in [4.78, 5) is 201. The van der Waals surface area contributed by atoms with Gasteiger partial charge in [0.1, 0.15) is 79.6 Å². The molecule has 0 radical (unpaired) electrons. The number of benzene rings is 2. The molecule has 0 unspecified atom stereocenters. The van der Waals surface area contributed by atoms with E-state index in [1.165, 1.54) is 74.1 Å². The van der Waals surface area contributed by atoms with Gasteiger partial charge in [-0.15, -0.1) is 56.7 Å². The number of piperidine rings is 1. The fraction of sp³-hybridized carbons (Fsp3) is 0.247. The summed E-state index contributed by atoms with van der Waals surface area (Å²) in [5.74, 6) is 0.672. The van der Waals surface area contributed by atoms with Gasteiger partial charge in [-0.3, -0.25) is 77.7 Å². The number of fused-ring (bicyclic) bond motifs is 5. The lowest BCUT2D eigenvalue weighted by Gasteiger charge is -2.32. The molecular weight excluding hydrogens is 1840 g/mol. The normalized spacial score (nSPS) is 11.8. The number of hydrogen-bond acceptors (Lipinski definition) is 29. The molecule has 0 saturated carbocycles. The molecule has 15 aromatic heterocycles. The van der Waals surface area contributed by atoms with Crippen molar-refractivity contribution in [3.05, 3.63) is 300 Å². The number of ether oxygens (including phenoxy) is 2. The molecule has 0 spiro atoms. The Morgan fingerprint density at radius 3 is 1.09 bits per heavy atom. The van der Waals surface area contributed by atoms with E-state index >= 15 is 0 Å². The Hall–Kier alpha value is -14.9. The number of aromatic nitrogens is 15. The number of thiophene rings is 5. The second-order valence-corrected chi connectivity index (χ2v) is 35.4. The summed E-state index contributed by atoms with van der Waals surface area (Å²) in [6.07, 6.45) is 12.9. The first-order valence-electron chi connectivity index (χ1n) is 43.8. The number of hydrogen-bond donors (Lipinski definition) is 8. The zero-order valence-electron chi connectivity index (χ0n) is 75.1. The van der Waals surface area contributed by atoms with Crippen LogP contribution in [0.2, 0.25) is 0 Å². The van der Waals surface area contributed by atoms with E-state index in [9.17, 15) is 57.8 Å². The quantitative estimate of drug-likeness (QED) is 0.0202. The average Bonchev–Trinajstić information content (AvgIpc) is 1.63. The molecule has 2 aromatic carbocycles. The van der Waals surface area contributed by atoms with Crippen LogP contribution in [0.4, 0.5) is 0 Å². The van der Waals surface area contributed by atoms with Gasteiger partial charge < -0.3 is 69.7 Å². The zero-order chi connectivity index (χ0) is 96.3. The molecule has 137 heavy (non-hydrogen) atoms. The van der Waals surface area contributed by atoms with Crippen LogP contribution in [-0.2, 0) is 27.1 Å². The van der Waals surface area contributed by atoms with Crippen LogP contribution >= 0.6 is 56.7 Å². The van der Waals surface area contributed by atoms with Crippen LogP contribution < -0.4 is 38.4 Å². The van der Waals surface area contributed by atoms with Gasteiger partial charge in [-0.2, -0.15) is 0 Å². The molecule has 8 N–H and O–H groups in total. The van der Waals surface area contributed by atoms with Crippen LogP contribution in [0.1, 0.15) is 109 Å². The number of pyridine rings is 5. The van der Waals surface area contributed by atoms with Gasteiger partial charge in [0, 0.05) is 144 Å². The monoisotopic (exact) mass is 1940 g/mol. The minimum absolute atomic E-state index is 0.0564. The lowest BCUT2D eigenvalue weighted by atomic mass is 10.0. The number of nitrogens with zero attached hydrogens (tertiary/aromatic N) is 14. The Balaban J connectivity index is 0.000000137. The predicted octanol–water partition coefficient (Wildman–Crippen LogP) is 12.6. The number of carbonyl (C=O) groups is 6. The van der Waals surface area contributed by atoms with E-state index in [2.05, 4.69) is 85.4 Å². The third-order valence-corrected chi connectivity index (χ3v) is 26.1. The third-order valence-electron chi connectivity index (χ3n) is 21.3. The maximum Gasteiger partial charge on any atom is 0.269 e. The molecule has 702 valence electrons. The molecule has 35 nitrogen and oxygen atoms in total. The highest BCUT2D eigenvalue weighted by molar-refractivity contribution is 7.18. The van der Waals surface area contributed by atoms with Crippen molar-refractivity contribution in [1.29, 1.82) is 0 Å². The maximum absolute atomic E-state index is 13.0. The number of carbonyl (C=O) groups excluding carboxylic acids is 6. The summed E-state index contributed by atoms with van der Waals surface area (Å²) in [5.41, 5.74) is 7.69. The highest BCUT2D eigenvalue weighted by Gasteiger charge is 2.30. The van der Waals surface area contributed by atoms with Crippen molar-refractivity contribution < 1.29 is 43.3 Å². The molecule has 1 saturated heterocycles. The summed E-state index contributed by atoms with van der Waals surface area (Å²) in [7, 11) is 3.48. The molecule has 0 aliphatic carbocycles. The summed E-state index contributed by atoms with van der Waals surface area (Å²) in [5, 5.41) is 23.5. The lowest BCUT2D eigenvalue weighted by Crippen LogP contribution is -2.46. The minimum Gasteiger partial charge on any atom is -0.395 e. The lowest BCUT2D eigenvalue weighted by molar-refractivity contribution is -0.119. The highest BCUT2D eigenvalue weighted by Crippen LogP contribution is 2.31. The molecule has 18 rings (SSSR count). The van der Waals surface area contributed by atoms with Crippen molar-refractivity contribution in [2.45, 2.75) is 65.3 Å². The zero-order valence-corrected chi connectivity index (χ0v) is 79.2. The van der Waals surface area contributed by atoms with Gasteiger partial charge in [-0.25, -0.2) is 24.9 Å². The maximum atomic E-state index is 13.0. The summed E-state index contributed by atoms with van der Waals surface area (Å²) < 4.78 is 13.0. The van der Waals surface area contributed by atoms with Crippen molar-refractivity contribution in [3.63, 3.8) is 0 Å². The van der Waals surface area contributed by atoms with Gasteiger partial charge in [0.15, 0.2) is 29.1 Å². The number of H-pyrrole nitrogens is 5. The van der Waals surface area contributed by atoms with Crippen LogP contribution in [0, 0.1) is 0 Å².